The molecular weight excluding hydrogens is 480 g/mol. The lowest BCUT2D eigenvalue weighted by Crippen LogP contribution is -2.74. The molecule has 0 aromatic heterocycles. The first-order valence-electron chi connectivity index (χ1n) is 10.6. The molecule has 0 spiro atoms. The van der Waals surface area contributed by atoms with Gasteiger partial charge in [-0.3, -0.25) is 24.6 Å². The van der Waals surface area contributed by atoms with Gasteiger partial charge in [-0.15, -0.1) is 0 Å². The van der Waals surface area contributed by atoms with E-state index in [-0.39, 0.29) is 10.7 Å². The van der Waals surface area contributed by atoms with Gasteiger partial charge in [-0.2, -0.15) is 5.01 Å². The molecule has 3 amide bonds. The molecule has 196 valence electrons. The van der Waals surface area contributed by atoms with Crippen molar-refractivity contribution in [2.24, 2.45) is 0 Å². The Kier molecular flexibility index (Phi) is 7.34. The van der Waals surface area contributed by atoms with Crippen LogP contribution in [0, 0.1) is 10.1 Å². The molecule has 1 aromatic carbocycles. The third-order valence-corrected chi connectivity index (χ3v) is 4.60. The zero-order valence-corrected chi connectivity index (χ0v) is 21.2. The summed E-state index contributed by atoms with van der Waals surface area (Å²) in [6.07, 6.45) is -2.68. The Morgan fingerprint density at radius 2 is 1.61 bits per heavy atom. The van der Waals surface area contributed by atoms with E-state index in [1.807, 2.05) is 5.43 Å². The smallest absolute Gasteiger partial charge is 0.432 e. The van der Waals surface area contributed by atoms with Gasteiger partial charge in [0.15, 0.2) is 0 Å². The number of carbonyl (C=O) groups excluding carboxylic acids is 5. The Balaban J connectivity index is 2.87. The lowest BCUT2D eigenvalue weighted by Gasteiger charge is -2.42. The minimum Gasteiger partial charge on any atom is -0.465 e. The molecule has 0 aliphatic carbocycles. The summed E-state index contributed by atoms with van der Waals surface area (Å²) in [5.74, 6) is -3.64. The number of hydrogen-bond donors (Lipinski definition) is 1. The van der Waals surface area contributed by atoms with E-state index in [0.29, 0.717) is 4.90 Å². The van der Waals surface area contributed by atoms with E-state index in [1.54, 1.807) is 0 Å². The zero-order valence-electron chi connectivity index (χ0n) is 21.2. The summed E-state index contributed by atoms with van der Waals surface area (Å²) in [6.45, 7) is 10.0. The van der Waals surface area contributed by atoms with E-state index in [1.165, 1.54) is 41.5 Å². The second kappa shape index (κ2) is 9.43. The second-order valence-corrected chi connectivity index (χ2v) is 9.74. The van der Waals surface area contributed by atoms with Crippen molar-refractivity contribution in [3.8, 4) is 0 Å². The van der Waals surface area contributed by atoms with E-state index in [4.69, 9.17) is 14.2 Å². The predicted molar refractivity (Wildman–Crippen MR) is 123 cm³/mol. The molecule has 0 saturated carbocycles. The lowest BCUT2D eigenvalue weighted by atomic mass is 10.0. The van der Waals surface area contributed by atoms with E-state index in [0.717, 1.165) is 32.2 Å². The van der Waals surface area contributed by atoms with E-state index < -0.39 is 62.9 Å². The maximum absolute atomic E-state index is 13.8. The Bertz CT molecular complexity index is 1130. The summed E-state index contributed by atoms with van der Waals surface area (Å²) in [4.78, 5) is 77.2. The molecule has 0 fully saturated rings. The van der Waals surface area contributed by atoms with Crippen molar-refractivity contribution in [2.75, 3.05) is 12.0 Å². The second-order valence-electron chi connectivity index (χ2n) is 9.74. The number of carbonyl (C=O) groups is 5. The number of nitro benzene ring substituents is 1. The van der Waals surface area contributed by atoms with Crippen molar-refractivity contribution in [1.82, 2.24) is 10.4 Å². The van der Waals surface area contributed by atoms with Crippen molar-refractivity contribution in [3.63, 3.8) is 0 Å². The number of fused-ring (bicyclic) bond motifs is 1. The van der Waals surface area contributed by atoms with Gasteiger partial charge in [0.2, 0.25) is 11.7 Å². The lowest BCUT2D eigenvalue weighted by molar-refractivity contribution is -0.384. The molecule has 1 N–H and O–H groups in total. The highest BCUT2D eigenvalue weighted by Gasteiger charge is 2.67. The number of non-ortho nitro benzene ring substituents is 1. The van der Waals surface area contributed by atoms with Crippen molar-refractivity contribution in [3.05, 3.63) is 33.9 Å². The summed E-state index contributed by atoms with van der Waals surface area (Å²) in [7, 11) is 0.891. The quantitative estimate of drug-likeness (QED) is 0.210. The summed E-state index contributed by atoms with van der Waals surface area (Å²) in [5.41, 5.74) is -4.40. The first-order valence-corrected chi connectivity index (χ1v) is 10.6. The van der Waals surface area contributed by atoms with Crippen molar-refractivity contribution in [1.29, 1.82) is 0 Å². The highest BCUT2D eigenvalue weighted by atomic mass is 16.6. The fraction of sp³-hybridized carbons (Fsp3) is 0.500. The maximum Gasteiger partial charge on any atom is 0.432 e. The summed E-state index contributed by atoms with van der Waals surface area (Å²) >= 11 is 0. The number of nitro groups is 1. The largest absolute Gasteiger partial charge is 0.465 e. The Hall–Kier alpha value is -4.23. The number of hydrazine groups is 1. The van der Waals surface area contributed by atoms with Crippen LogP contribution in [0.2, 0.25) is 0 Å². The molecule has 1 atom stereocenters. The number of nitrogens with zero attached hydrogens (tertiary/aromatic N) is 3. The van der Waals surface area contributed by atoms with Gasteiger partial charge >= 0.3 is 23.8 Å². The van der Waals surface area contributed by atoms with Gasteiger partial charge in [-0.25, -0.2) is 19.8 Å². The molecule has 0 radical (unpaired) electrons. The third kappa shape index (κ3) is 5.21. The van der Waals surface area contributed by atoms with Gasteiger partial charge in [0.1, 0.15) is 11.2 Å². The zero-order chi connectivity index (χ0) is 27.8. The van der Waals surface area contributed by atoms with Gasteiger partial charge in [0.05, 0.1) is 23.3 Å². The minimum atomic E-state index is -2.99. The molecule has 0 saturated heterocycles. The van der Waals surface area contributed by atoms with Crippen molar-refractivity contribution < 1.29 is 43.1 Å². The van der Waals surface area contributed by atoms with E-state index in [9.17, 15) is 34.1 Å². The number of amides is 3. The number of ether oxygens (including phenoxy) is 3. The number of Topliss-reactive ketones (excluding diaryl/α,β-unsaturated/α-hetero) is 1. The van der Waals surface area contributed by atoms with Crippen LogP contribution in [0.4, 0.5) is 21.0 Å². The highest BCUT2D eigenvalue weighted by molar-refractivity contribution is 6.30. The molecule has 1 aromatic rings. The molecule has 36 heavy (non-hydrogen) atoms. The molecule has 14 heteroatoms. The predicted octanol–water partition coefficient (Wildman–Crippen LogP) is 2.69. The molecular formula is C22H28N4O10. The number of ketones is 1. The van der Waals surface area contributed by atoms with Crippen LogP contribution in [0.25, 0.3) is 0 Å². The number of methoxy groups -OCH3 is 1. The van der Waals surface area contributed by atoms with Gasteiger partial charge in [0, 0.05) is 19.1 Å². The average molecular weight is 508 g/mol. The van der Waals surface area contributed by atoms with Crippen LogP contribution in [0.5, 0.6) is 0 Å². The molecule has 2 rings (SSSR count). The maximum atomic E-state index is 13.8. The first-order chi connectivity index (χ1) is 16.4. The molecule has 14 nitrogen and oxygen atoms in total. The van der Waals surface area contributed by atoms with Crippen LogP contribution in [-0.4, -0.2) is 63.8 Å². The molecule has 1 heterocycles. The fourth-order valence-corrected chi connectivity index (χ4v) is 3.45. The Morgan fingerprint density at radius 3 is 2.06 bits per heavy atom. The van der Waals surface area contributed by atoms with Crippen LogP contribution in [-0.2, 0) is 23.8 Å². The SMILES string of the molecule is COC(=O)[C@]1(N(NC(=O)OC(C)(C)C)C(=O)OC(C)(C)C)C(=O)c2cc([N+](=O)[O-])ccc2N1C(C)=O. The summed E-state index contributed by atoms with van der Waals surface area (Å²) in [6, 6.07) is 2.92. The van der Waals surface area contributed by atoms with Crippen molar-refractivity contribution in [2.45, 2.75) is 65.3 Å². The Labute approximate surface area is 206 Å². The van der Waals surface area contributed by atoms with Crippen LogP contribution in [0.3, 0.4) is 0 Å². The van der Waals surface area contributed by atoms with Gasteiger partial charge in [-0.1, -0.05) is 0 Å². The molecule has 1 aliphatic heterocycles. The van der Waals surface area contributed by atoms with Crippen LogP contribution < -0.4 is 10.3 Å². The fourth-order valence-electron chi connectivity index (χ4n) is 3.45. The monoisotopic (exact) mass is 508 g/mol. The normalized spacial score (nSPS) is 17.1. The van der Waals surface area contributed by atoms with Gasteiger partial charge in [-0.05, 0) is 47.6 Å². The van der Waals surface area contributed by atoms with E-state index in [2.05, 4.69) is 0 Å². The average Bonchev–Trinajstić information content (AvgIpc) is 2.97. The van der Waals surface area contributed by atoms with Crippen molar-refractivity contribution >= 4 is 41.2 Å². The Morgan fingerprint density at radius 1 is 1.06 bits per heavy atom. The van der Waals surface area contributed by atoms with Gasteiger partial charge in [0.25, 0.3) is 5.69 Å². The molecule has 0 bridgehead atoms. The number of nitrogens with one attached hydrogen (secondary N) is 1. The first kappa shape index (κ1) is 28.0. The number of hydrogen-bond acceptors (Lipinski definition) is 10. The number of benzene rings is 1. The van der Waals surface area contributed by atoms with Gasteiger partial charge < -0.3 is 14.2 Å². The third-order valence-electron chi connectivity index (χ3n) is 4.60. The number of anilines is 1. The summed E-state index contributed by atoms with van der Waals surface area (Å²) < 4.78 is 15.3. The molecule has 1 aliphatic rings. The van der Waals surface area contributed by atoms with Crippen LogP contribution in [0.15, 0.2) is 18.2 Å². The number of esters is 1. The topological polar surface area (TPSA) is 175 Å². The standard InChI is InChI=1S/C22H28N4O10/c1-12(27)24-15-10-9-13(26(32)33)11-14(15)16(28)22(24,17(29)34-8)25(19(31)36-21(5,6)7)23-18(30)35-20(2,3)4/h9-11H,1-8H3,(H,23,30)/t22-/m1/s1. The summed E-state index contributed by atoms with van der Waals surface area (Å²) in [5, 5.41) is 11.5. The van der Waals surface area contributed by atoms with E-state index >= 15 is 0 Å². The number of rotatable bonds is 3. The van der Waals surface area contributed by atoms with Crippen LogP contribution in [0.1, 0.15) is 58.8 Å². The minimum absolute atomic E-state index is 0.202. The molecule has 0 unspecified atom stereocenters. The van der Waals surface area contributed by atoms with Crippen LogP contribution >= 0.6 is 0 Å². The highest BCUT2D eigenvalue weighted by Crippen LogP contribution is 2.43.